The largest absolute Gasteiger partial charge is 0.379 e. The fourth-order valence-corrected chi connectivity index (χ4v) is 5.20. The third-order valence-corrected chi connectivity index (χ3v) is 6.72. The molecule has 0 N–H and O–H groups in total. The van der Waals surface area contributed by atoms with Crippen molar-refractivity contribution < 1.29 is 9.53 Å². The Morgan fingerprint density at radius 3 is 2.61 bits per heavy atom. The van der Waals surface area contributed by atoms with Gasteiger partial charge in [-0.2, -0.15) is 11.8 Å². The fraction of sp³-hybridized carbons (Fsp3) is 0.944. The lowest BCUT2D eigenvalue weighted by molar-refractivity contribution is -0.135. The maximum absolute atomic E-state index is 12.9. The zero-order valence-corrected chi connectivity index (χ0v) is 15.2. The highest BCUT2D eigenvalue weighted by Gasteiger charge is 2.29. The second kappa shape index (κ2) is 9.28. The Kier molecular flexibility index (Phi) is 7.09. The molecular weight excluding hydrogens is 308 g/mol. The highest BCUT2D eigenvalue weighted by molar-refractivity contribution is 7.99. The number of rotatable bonds is 4. The van der Waals surface area contributed by atoms with Gasteiger partial charge in [0.25, 0.3) is 0 Å². The van der Waals surface area contributed by atoms with Gasteiger partial charge < -0.3 is 9.64 Å². The van der Waals surface area contributed by atoms with Crippen LogP contribution in [0.1, 0.15) is 44.9 Å². The first kappa shape index (κ1) is 17.6. The minimum Gasteiger partial charge on any atom is -0.379 e. The molecule has 4 nitrogen and oxygen atoms in total. The van der Waals surface area contributed by atoms with Gasteiger partial charge in [-0.1, -0.05) is 19.3 Å². The van der Waals surface area contributed by atoms with E-state index in [1.165, 1.54) is 37.9 Å². The molecular formula is C18H32N2O2S. The summed E-state index contributed by atoms with van der Waals surface area (Å²) < 4.78 is 5.46. The van der Waals surface area contributed by atoms with E-state index >= 15 is 0 Å². The van der Waals surface area contributed by atoms with Crippen molar-refractivity contribution in [2.75, 3.05) is 50.9 Å². The summed E-state index contributed by atoms with van der Waals surface area (Å²) >= 11 is 2.03. The lowest BCUT2D eigenvalue weighted by atomic mass is 9.86. The summed E-state index contributed by atoms with van der Waals surface area (Å²) in [5.74, 6) is 3.38. The normalized spacial score (nSPS) is 28.5. The monoisotopic (exact) mass is 340 g/mol. The van der Waals surface area contributed by atoms with Gasteiger partial charge >= 0.3 is 0 Å². The standard InChI is InChI=1S/C18H32N2O2S/c21-18(13-16-5-2-1-3-6-16)20-7-4-12-23-15-17(20)14-19-8-10-22-11-9-19/h16-17H,1-15H2/t17-/m0/s1. The van der Waals surface area contributed by atoms with Crippen molar-refractivity contribution >= 4 is 17.7 Å². The van der Waals surface area contributed by atoms with Crippen molar-refractivity contribution in [1.29, 1.82) is 0 Å². The number of amides is 1. The molecule has 2 saturated heterocycles. The van der Waals surface area contributed by atoms with Crippen molar-refractivity contribution in [3.05, 3.63) is 0 Å². The first-order valence-corrected chi connectivity index (χ1v) is 10.7. The van der Waals surface area contributed by atoms with Gasteiger partial charge in [-0.25, -0.2) is 0 Å². The van der Waals surface area contributed by atoms with Crippen molar-refractivity contribution in [1.82, 2.24) is 9.80 Å². The second-order valence-corrected chi connectivity index (χ2v) is 8.44. The minimum atomic E-state index is 0.400. The van der Waals surface area contributed by atoms with Crippen LogP contribution in [0.2, 0.25) is 0 Å². The second-order valence-electron chi connectivity index (χ2n) is 7.29. The maximum atomic E-state index is 12.9. The van der Waals surface area contributed by atoms with Gasteiger partial charge in [-0.3, -0.25) is 9.69 Å². The smallest absolute Gasteiger partial charge is 0.223 e. The zero-order valence-electron chi connectivity index (χ0n) is 14.4. The van der Waals surface area contributed by atoms with Gasteiger partial charge in [0, 0.05) is 38.4 Å². The number of carbonyl (C=O) groups excluding carboxylic acids is 1. The van der Waals surface area contributed by atoms with Crippen molar-refractivity contribution in [2.45, 2.75) is 51.0 Å². The summed E-state index contributed by atoms with van der Waals surface area (Å²) in [7, 11) is 0. The molecule has 0 aromatic carbocycles. The molecule has 0 aromatic rings. The third-order valence-electron chi connectivity index (χ3n) is 5.52. The lowest BCUT2D eigenvalue weighted by Gasteiger charge is -2.36. The van der Waals surface area contributed by atoms with Gasteiger partial charge in [-0.05, 0) is 30.9 Å². The number of nitrogens with zero attached hydrogens (tertiary/aromatic N) is 2. The fourth-order valence-electron chi connectivity index (χ4n) is 4.15. The van der Waals surface area contributed by atoms with Crippen molar-refractivity contribution in [2.24, 2.45) is 5.92 Å². The Bertz CT molecular complexity index is 368. The Morgan fingerprint density at radius 1 is 1.04 bits per heavy atom. The molecule has 3 fully saturated rings. The Hall–Kier alpha value is -0.260. The van der Waals surface area contributed by atoms with E-state index in [0.29, 0.717) is 17.9 Å². The molecule has 132 valence electrons. The molecule has 2 heterocycles. The van der Waals surface area contributed by atoms with Crippen LogP contribution in [0.3, 0.4) is 0 Å². The summed E-state index contributed by atoms with van der Waals surface area (Å²) in [5.41, 5.74) is 0. The molecule has 1 amide bonds. The van der Waals surface area contributed by atoms with E-state index in [-0.39, 0.29) is 0 Å². The highest BCUT2D eigenvalue weighted by Crippen LogP contribution is 2.28. The van der Waals surface area contributed by atoms with Crippen LogP contribution in [-0.2, 0) is 9.53 Å². The molecule has 2 aliphatic heterocycles. The Morgan fingerprint density at radius 2 is 1.83 bits per heavy atom. The number of hydrogen-bond acceptors (Lipinski definition) is 4. The molecule has 1 atom stereocenters. The Labute approximate surface area is 145 Å². The molecule has 0 radical (unpaired) electrons. The number of morpholine rings is 1. The summed E-state index contributed by atoms with van der Waals surface area (Å²) in [6, 6.07) is 0.400. The highest BCUT2D eigenvalue weighted by atomic mass is 32.2. The molecule has 23 heavy (non-hydrogen) atoms. The van der Waals surface area contributed by atoms with Crippen LogP contribution >= 0.6 is 11.8 Å². The van der Waals surface area contributed by atoms with Crippen LogP contribution in [-0.4, -0.2) is 72.6 Å². The minimum absolute atomic E-state index is 0.400. The quantitative estimate of drug-likeness (QED) is 0.788. The summed E-state index contributed by atoms with van der Waals surface area (Å²) in [5, 5.41) is 0. The average molecular weight is 341 g/mol. The zero-order chi connectivity index (χ0) is 15.9. The maximum Gasteiger partial charge on any atom is 0.223 e. The summed E-state index contributed by atoms with van der Waals surface area (Å²) in [6.07, 6.45) is 8.50. The first-order valence-electron chi connectivity index (χ1n) is 9.50. The van der Waals surface area contributed by atoms with E-state index in [9.17, 15) is 4.79 Å². The molecule has 3 aliphatic rings. The molecule has 5 heteroatoms. The molecule has 1 aliphatic carbocycles. The van der Waals surface area contributed by atoms with E-state index in [1.807, 2.05) is 11.8 Å². The van der Waals surface area contributed by atoms with Gasteiger partial charge in [0.05, 0.1) is 19.3 Å². The Balaban J connectivity index is 1.56. The number of hydrogen-bond donors (Lipinski definition) is 0. The lowest BCUT2D eigenvalue weighted by Crippen LogP contribution is -2.50. The number of carbonyl (C=O) groups is 1. The van der Waals surface area contributed by atoms with Gasteiger partial charge in [0.1, 0.15) is 0 Å². The molecule has 0 spiro atoms. The van der Waals surface area contributed by atoms with Crippen LogP contribution in [0.5, 0.6) is 0 Å². The van der Waals surface area contributed by atoms with Gasteiger partial charge in [0.15, 0.2) is 0 Å². The van der Waals surface area contributed by atoms with E-state index in [2.05, 4.69) is 9.80 Å². The predicted octanol–water partition coefficient (Wildman–Crippen LogP) is 2.62. The van der Waals surface area contributed by atoms with Gasteiger partial charge in [0.2, 0.25) is 5.91 Å². The molecule has 0 bridgehead atoms. The topological polar surface area (TPSA) is 32.8 Å². The van der Waals surface area contributed by atoms with E-state index in [4.69, 9.17) is 4.74 Å². The van der Waals surface area contributed by atoms with E-state index in [0.717, 1.165) is 58.0 Å². The van der Waals surface area contributed by atoms with Gasteiger partial charge in [-0.15, -0.1) is 0 Å². The molecule has 1 saturated carbocycles. The van der Waals surface area contributed by atoms with Crippen LogP contribution in [0.15, 0.2) is 0 Å². The van der Waals surface area contributed by atoms with Crippen molar-refractivity contribution in [3.8, 4) is 0 Å². The molecule has 0 unspecified atom stereocenters. The molecule has 0 aromatic heterocycles. The first-order chi connectivity index (χ1) is 11.3. The van der Waals surface area contributed by atoms with E-state index in [1.54, 1.807) is 0 Å². The average Bonchev–Trinajstić information content (AvgIpc) is 2.82. The van der Waals surface area contributed by atoms with E-state index < -0.39 is 0 Å². The number of ether oxygens (including phenoxy) is 1. The van der Waals surface area contributed by atoms with Crippen LogP contribution in [0.25, 0.3) is 0 Å². The predicted molar refractivity (Wildman–Crippen MR) is 95.9 cm³/mol. The number of thioether (sulfide) groups is 1. The van der Waals surface area contributed by atoms with Crippen molar-refractivity contribution in [3.63, 3.8) is 0 Å². The van der Waals surface area contributed by atoms with Crippen LogP contribution in [0.4, 0.5) is 0 Å². The summed E-state index contributed by atoms with van der Waals surface area (Å²) in [6.45, 7) is 5.73. The van der Waals surface area contributed by atoms with Crippen LogP contribution < -0.4 is 0 Å². The van der Waals surface area contributed by atoms with Crippen LogP contribution in [0, 0.1) is 5.92 Å². The summed E-state index contributed by atoms with van der Waals surface area (Å²) in [4.78, 5) is 17.7. The SMILES string of the molecule is O=C(CC1CCCCC1)N1CCCSC[C@@H]1CN1CCOCC1. The third kappa shape index (κ3) is 5.36. The molecule has 3 rings (SSSR count).